The second-order valence-corrected chi connectivity index (χ2v) is 9.80. The van der Waals surface area contributed by atoms with Gasteiger partial charge in [0.1, 0.15) is 5.82 Å². The van der Waals surface area contributed by atoms with Crippen molar-refractivity contribution in [1.82, 2.24) is 19.7 Å². The van der Waals surface area contributed by atoms with Crippen LogP contribution in [0.25, 0.3) is 0 Å². The lowest BCUT2D eigenvalue weighted by Gasteiger charge is -2.16. The van der Waals surface area contributed by atoms with Crippen molar-refractivity contribution in [1.29, 1.82) is 0 Å². The maximum absolute atomic E-state index is 12.6. The minimum absolute atomic E-state index is 0.123. The zero-order valence-electron chi connectivity index (χ0n) is 15.4. The highest BCUT2D eigenvalue weighted by Gasteiger charge is 2.30. The summed E-state index contributed by atoms with van der Waals surface area (Å²) in [4.78, 5) is 16.9. The van der Waals surface area contributed by atoms with E-state index in [1.807, 2.05) is 7.05 Å². The van der Waals surface area contributed by atoms with Crippen molar-refractivity contribution in [2.45, 2.75) is 43.9 Å². The Kier molecular flexibility index (Phi) is 5.66. The van der Waals surface area contributed by atoms with E-state index in [1.54, 1.807) is 27.6 Å². The van der Waals surface area contributed by atoms with Gasteiger partial charge in [0.25, 0.3) is 0 Å². The molecule has 0 spiro atoms. The molecule has 1 saturated carbocycles. The molecule has 1 fully saturated rings. The monoisotopic (exact) mass is 418 g/mol. The van der Waals surface area contributed by atoms with E-state index in [1.165, 1.54) is 39.9 Å². The van der Waals surface area contributed by atoms with Crippen molar-refractivity contribution < 1.29 is 4.79 Å². The van der Waals surface area contributed by atoms with Crippen LogP contribution in [-0.2, 0) is 17.8 Å². The molecule has 3 heterocycles. The lowest BCUT2D eigenvalue weighted by molar-refractivity contribution is -0.127. The maximum Gasteiger partial charge on any atom is 0.233 e. The maximum atomic E-state index is 12.6. The summed E-state index contributed by atoms with van der Waals surface area (Å²) >= 11 is 4.96. The van der Waals surface area contributed by atoms with Crippen molar-refractivity contribution >= 4 is 40.3 Å². The van der Waals surface area contributed by atoms with E-state index in [-0.39, 0.29) is 5.91 Å². The number of nitrogens with zero attached hydrogens (tertiary/aromatic N) is 4. The van der Waals surface area contributed by atoms with Gasteiger partial charge in [-0.1, -0.05) is 17.8 Å². The molecule has 1 aliphatic carbocycles. The van der Waals surface area contributed by atoms with Crippen molar-refractivity contribution in [2.24, 2.45) is 0 Å². The van der Waals surface area contributed by atoms with Crippen molar-refractivity contribution in [3.05, 3.63) is 50.1 Å². The van der Waals surface area contributed by atoms with E-state index in [9.17, 15) is 4.79 Å². The lowest BCUT2D eigenvalue weighted by atomic mass is 10.3. The predicted octanol–water partition coefficient (Wildman–Crippen LogP) is 4.39. The van der Waals surface area contributed by atoms with E-state index in [2.05, 4.69) is 50.6 Å². The largest absolute Gasteiger partial charge is 0.340 e. The fourth-order valence-corrected chi connectivity index (χ4v) is 5.53. The first-order valence-electron chi connectivity index (χ1n) is 8.97. The molecule has 142 valence electrons. The lowest BCUT2D eigenvalue weighted by Crippen LogP contribution is -2.27. The number of thiophene rings is 2. The van der Waals surface area contributed by atoms with Gasteiger partial charge in [-0.2, -0.15) is 0 Å². The van der Waals surface area contributed by atoms with E-state index in [0.29, 0.717) is 18.3 Å². The third-order valence-electron chi connectivity index (χ3n) is 4.66. The average Bonchev–Trinajstić information content (AvgIpc) is 3.03. The normalized spacial score (nSPS) is 13.9. The first kappa shape index (κ1) is 18.7. The van der Waals surface area contributed by atoms with E-state index in [0.717, 1.165) is 17.4 Å². The summed E-state index contributed by atoms with van der Waals surface area (Å²) < 4.78 is 2.25. The molecule has 0 bridgehead atoms. The number of hydrogen-bond acceptors (Lipinski definition) is 6. The fourth-order valence-electron chi connectivity index (χ4n) is 2.90. The van der Waals surface area contributed by atoms with Crippen LogP contribution in [0.3, 0.4) is 0 Å². The predicted molar refractivity (Wildman–Crippen MR) is 112 cm³/mol. The molecular formula is C19H22N4OS3. The zero-order chi connectivity index (χ0) is 18.8. The highest BCUT2D eigenvalue weighted by atomic mass is 32.2. The second-order valence-electron chi connectivity index (χ2n) is 6.82. The molecular weight excluding hydrogens is 396 g/mol. The highest BCUT2D eigenvalue weighted by molar-refractivity contribution is 7.99. The van der Waals surface area contributed by atoms with Gasteiger partial charge in [-0.15, -0.1) is 32.9 Å². The third-order valence-corrected chi connectivity index (χ3v) is 7.47. The van der Waals surface area contributed by atoms with Crippen LogP contribution < -0.4 is 0 Å². The SMILES string of the molecule is Cc1ccsc1CN(C)C(=O)CSc1nnc(Cc2cccs2)n1C1CC1. The van der Waals surface area contributed by atoms with Crippen LogP contribution in [-0.4, -0.2) is 38.4 Å². The van der Waals surface area contributed by atoms with Crippen LogP contribution in [0.1, 0.15) is 40.0 Å². The van der Waals surface area contributed by atoms with Crippen LogP contribution in [0.2, 0.25) is 0 Å². The Morgan fingerprint density at radius 3 is 2.81 bits per heavy atom. The summed E-state index contributed by atoms with van der Waals surface area (Å²) in [5, 5.41) is 13.9. The smallest absolute Gasteiger partial charge is 0.233 e. The molecule has 0 aliphatic heterocycles. The van der Waals surface area contributed by atoms with Crippen molar-refractivity contribution in [2.75, 3.05) is 12.8 Å². The minimum atomic E-state index is 0.123. The number of hydrogen-bond donors (Lipinski definition) is 0. The van der Waals surface area contributed by atoms with Gasteiger partial charge in [0.05, 0.1) is 12.3 Å². The summed E-state index contributed by atoms with van der Waals surface area (Å²) in [6.45, 7) is 2.76. The molecule has 0 N–H and O–H groups in total. The molecule has 3 aromatic heterocycles. The number of thioether (sulfide) groups is 1. The Morgan fingerprint density at radius 2 is 2.15 bits per heavy atom. The number of aromatic nitrogens is 3. The quantitative estimate of drug-likeness (QED) is 0.509. The van der Waals surface area contributed by atoms with Gasteiger partial charge in [-0.05, 0) is 48.2 Å². The molecule has 0 unspecified atom stereocenters. The Labute approximate surface area is 171 Å². The Bertz CT molecular complexity index is 911. The second kappa shape index (κ2) is 8.16. The molecule has 5 nitrogen and oxygen atoms in total. The topological polar surface area (TPSA) is 51.0 Å². The summed E-state index contributed by atoms with van der Waals surface area (Å²) in [5.41, 5.74) is 1.25. The zero-order valence-corrected chi connectivity index (χ0v) is 17.9. The number of carbonyl (C=O) groups excluding carboxylic acids is 1. The third kappa shape index (κ3) is 4.44. The number of aryl methyl sites for hydroxylation is 1. The van der Waals surface area contributed by atoms with Crippen LogP contribution in [0.15, 0.2) is 34.1 Å². The van der Waals surface area contributed by atoms with Crippen LogP contribution in [0.5, 0.6) is 0 Å². The van der Waals surface area contributed by atoms with Gasteiger partial charge in [0.15, 0.2) is 5.16 Å². The van der Waals surface area contributed by atoms with E-state index >= 15 is 0 Å². The number of rotatable bonds is 8. The molecule has 8 heteroatoms. The van der Waals surface area contributed by atoms with Gasteiger partial charge in [-0.25, -0.2) is 0 Å². The van der Waals surface area contributed by atoms with Gasteiger partial charge < -0.3 is 9.47 Å². The van der Waals surface area contributed by atoms with Gasteiger partial charge in [0, 0.05) is 29.3 Å². The van der Waals surface area contributed by atoms with Crippen LogP contribution in [0, 0.1) is 6.92 Å². The van der Waals surface area contributed by atoms with Gasteiger partial charge in [0.2, 0.25) is 5.91 Å². The van der Waals surface area contributed by atoms with Crippen molar-refractivity contribution in [3.63, 3.8) is 0 Å². The standard InChI is InChI=1S/C19H22N4OS3/c1-13-7-9-26-16(13)11-22(2)18(24)12-27-19-21-20-17(23(19)14-5-6-14)10-15-4-3-8-25-15/h3-4,7-9,14H,5-6,10-12H2,1-2H3. The number of amides is 1. The Hall–Kier alpha value is -1.64. The minimum Gasteiger partial charge on any atom is -0.340 e. The first-order chi connectivity index (χ1) is 13.1. The molecule has 1 amide bonds. The molecule has 27 heavy (non-hydrogen) atoms. The molecule has 0 saturated heterocycles. The van der Waals surface area contributed by atoms with Crippen LogP contribution in [0.4, 0.5) is 0 Å². The molecule has 1 aliphatic rings. The van der Waals surface area contributed by atoms with Gasteiger partial charge >= 0.3 is 0 Å². The van der Waals surface area contributed by atoms with E-state index < -0.39 is 0 Å². The molecule has 3 aromatic rings. The summed E-state index contributed by atoms with van der Waals surface area (Å²) in [5.74, 6) is 1.53. The molecule has 0 atom stereocenters. The van der Waals surface area contributed by atoms with E-state index in [4.69, 9.17) is 0 Å². The molecule has 0 aromatic carbocycles. The van der Waals surface area contributed by atoms with Crippen LogP contribution >= 0.6 is 34.4 Å². The fraction of sp³-hybridized carbons (Fsp3) is 0.421. The highest BCUT2D eigenvalue weighted by Crippen LogP contribution is 2.39. The van der Waals surface area contributed by atoms with Gasteiger partial charge in [-0.3, -0.25) is 4.79 Å². The summed E-state index contributed by atoms with van der Waals surface area (Å²) in [6.07, 6.45) is 3.16. The summed E-state index contributed by atoms with van der Waals surface area (Å²) in [7, 11) is 1.87. The number of carbonyl (C=O) groups is 1. The average molecular weight is 419 g/mol. The summed E-state index contributed by atoms with van der Waals surface area (Å²) in [6, 6.07) is 6.80. The molecule has 0 radical (unpaired) electrons. The Balaban J connectivity index is 1.39. The molecule has 4 rings (SSSR count). The Morgan fingerprint density at radius 1 is 1.30 bits per heavy atom. The van der Waals surface area contributed by atoms with Crippen molar-refractivity contribution in [3.8, 4) is 0 Å². The first-order valence-corrected chi connectivity index (χ1v) is 11.7.